The van der Waals surface area contributed by atoms with Gasteiger partial charge in [-0.25, -0.2) is 8.42 Å². The van der Waals surface area contributed by atoms with Crippen LogP contribution in [0.2, 0.25) is 10.0 Å². The molecule has 4 aromatic carbocycles. The van der Waals surface area contributed by atoms with Gasteiger partial charge in [0.1, 0.15) is 10.9 Å². The van der Waals surface area contributed by atoms with Crippen molar-refractivity contribution in [2.75, 3.05) is 5.32 Å². The zero-order valence-corrected chi connectivity index (χ0v) is 22.0. The molecule has 0 aliphatic carbocycles. The van der Waals surface area contributed by atoms with E-state index in [0.29, 0.717) is 5.69 Å². The van der Waals surface area contributed by atoms with Gasteiger partial charge in [0.15, 0.2) is 0 Å². The highest BCUT2D eigenvalue weighted by atomic mass is 35.5. The predicted octanol–water partition coefficient (Wildman–Crippen LogP) is 6.67. The molecule has 36 heavy (non-hydrogen) atoms. The normalized spacial score (nSPS) is 12.2. The molecular formula is C27H22Cl2N2O3S2. The maximum Gasteiger partial charge on any atom is 0.242 e. The fourth-order valence-electron chi connectivity index (χ4n) is 3.47. The number of anilines is 1. The molecule has 0 radical (unpaired) electrons. The molecule has 9 heteroatoms. The molecule has 0 aliphatic rings. The van der Waals surface area contributed by atoms with E-state index in [-0.39, 0.29) is 21.4 Å². The van der Waals surface area contributed by atoms with E-state index >= 15 is 0 Å². The molecule has 0 heterocycles. The van der Waals surface area contributed by atoms with Crippen LogP contribution in [0.1, 0.15) is 5.56 Å². The first-order chi connectivity index (χ1) is 17.3. The average Bonchev–Trinajstić information content (AvgIpc) is 2.87. The second kappa shape index (κ2) is 12.0. The van der Waals surface area contributed by atoms with Gasteiger partial charge in [-0.05, 0) is 54.4 Å². The van der Waals surface area contributed by atoms with Crippen LogP contribution >= 0.6 is 35.0 Å². The lowest BCUT2D eigenvalue weighted by Gasteiger charge is -2.20. The van der Waals surface area contributed by atoms with E-state index in [1.807, 2.05) is 78.9 Å². The first-order valence-corrected chi connectivity index (χ1v) is 14.0. The number of hydrogen-bond acceptors (Lipinski definition) is 4. The summed E-state index contributed by atoms with van der Waals surface area (Å²) in [4.78, 5) is 15.1. The highest BCUT2D eigenvalue weighted by Crippen LogP contribution is 2.33. The highest BCUT2D eigenvalue weighted by molar-refractivity contribution is 7.99. The lowest BCUT2D eigenvalue weighted by Crippen LogP contribution is -2.45. The summed E-state index contributed by atoms with van der Waals surface area (Å²) in [6.07, 6.45) is 0.137. The smallest absolute Gasteiger partial charge is 0.242 e. The van der Waals surface area contributed by atoms with Crippen molar-refractivity contribution in [3.05, 3.63) is 119 Å². The van der Waals surface area contributed by atoms with Crippen LogP contribution in [0.3, 0.4) is 0 Å². The van der Waals surface area contributed by atoms with E-state index in [1.165, 1.54) is 30.0 Å². The van der Waals surface area contributed by atoms with Gasteiger partial charge < -0.3 is 5.32 Å². The molecule has 1 atom stereocenters. The van der Waals surface area contributed by atoms with Gasteiger partial charge in [-0.15, -0.1) is 0 Å². The van der Waals surface area contributed by atoms with Gasteiger partial charge in [0, 0.05) is 14.8 Å². The topological polar surface area (TPSA) is 75.3 Å². The molecule has 0 spiro atoms. The van der Waals surface area contributed by atoms with Crippen LogP contribution in [0.5, 0.6) is 0 Å². The molecule has 0 saturated carbocycles. The van der Waals surface area contributed by atoms with Gasteiger partial charge in [0.25, 0.3) is 0 Å². The summed E-state index contributed by atoms with van der Waals surface area (Å²) in [5.41, 5.74) is 1.37. The Balaban J connectivity index is 1.62. The minimum atomic E-state index is -4.16. The summed E-state index contributed by atoms with van der Waals surface area (Å²) in [5.74, 6) is -0.498. The lowest BCUT2D eigenvalue weighted by atomic mass is 10.1. The lowest BCUT2D eigenvalue weighted by molar-refractivity contribution is -0.117. The predicted molar refractivity (Wildman–Crippen MR) is 146 cm³/mol. The molecule has 0 saturated heterocycles. The summed E-state index contributed by atoms with van der Waals surface area (Å²) >= 11 is 13.7. The molecule has 0 fully saturated rings. The van der Waals surface area contributed by atoms with Crippen molar-refractivity contribution in [1.29, 1.82) is 0 Å². The number of carbonyl (C=O) groups is 1. The molecule has 1 amide bonds. The largest absolute Gasteiger partial charge is 0.324 e. The maximum atomic E-state index is 13.5. The van der Waals surface area contributed by atoms with Gasteiger partial charge in [-0.3, -0.25) is 4.79 Å². The Labute approximate surface area is 224 Å². The molecule has 4 aromatic rings. The average molecular weight is 558 g/mol. The third kappa shape index (κ3) is 6.90. The molecule has 5 nitrogen and oxygen atoms in total. The fourth-order valence-corrected chi connectivity index (χ4v) is 6.35. The van der Waals surface area contributed by atoms with E-state index in [9.17, 15) is 13.2 Å². The number of halogens is 2. The summed E-state index contributed by atoms with van der Waals surface area (Å²) in [6, 6.07) is 29.4. The van der Waals surface area contributed by atoms with Crippen LogP contribution in [-0.2, 0) is 21.2 Å². The molecule has 0 bridgehead atoms. The Bertz CT molecular complexity index is 1450. The van der Waals surface area contributed by atoms with Crippen molar-refractivity contribution >= 4 is 56.6 Å². The zero-order valence-electron chi connectivity index (χ0n) is 18.9. The monoisotopic (exact) mass is 556 g/mol. The minimum absolute atomic E-state index is 0.00961. The number of rotatable bonds is 9. The summed E-state index contributed by atoms with van der Waals surface area (Å²) in [7, 11) is -4.16. The Morgan fingerprint density at radius 1 is 0.833 bits per heavy atom. The summed E-state index contributed by atoms with van der Waals surface area (Å²) < 4.78 is 29.0. The maximum absolute atomic E-state index is 13.5. The standard InChI is InChI=1S/C27H22Cl2N2O3S2/c28-20-15-16-22(29)26(18-20)36(33,34)31-24(17-19-9-3-1-4-10-19)27(32)30-23-13-7-8-14-25(23)35-21-11-5-2-6-12-21/h1-16,18,24,31H,17H2,(H,30,32)/t24-/m0/s1. The van der Waals surface area contributed by atoms with Crippen molar-refractivity contribution in [3.63, 3.8) is 0 Å². The van der Waals surface area contributed by atoms with Gasteiger partial charge >= 0.3 is 0 Å². The number of hydrogen-bond donors (Lipinski definition) is 2. The number of benzene rings is 4. The Kier molecular flexibility index (Phi) is 8.72. The second-order valence-electron chi connectivity index (χ2n) is 7.84. The molecule has 184 valence electrons. The van der Waals surface area contributed by atoms with E-state index in [1.54, 1.807) is 6.07 Å². The van der Waals surface area contributed by atoms with E-state index in [0.717, 1.165) is 15.4 Å². The highest BCUT2D eigenvalue weighted by Gasteiger charge is 2.28. The van der Waals surface area contributed by atoms with Crippen molar-refractivity contribution in [2.24, 2.45) is 0 Å². The van der Waals surface area contributed by atoms with Crippen molar-refractivity contribution in [3.8, 4) is 0 Å². The van der Waals surface area contributed by atoms with Crippen LogP contribution in [0.15, 0.2) is 118 Å². The fraction of sp³-hybridized carbons (Fsp3) is 0.0741. The van der Waals surface area contributed by atoms with E-state index in [2.05, 4.69) is 10.0 Å². The zero-order chi connectivity index (χ0) is 25.5. The SMILES string of the molecule is O=C(Nc1ccccc1Sc1ccccc1)[C@H](Cc1ccccc1)NS(=O)(=O)c1cc(Cl)ccc1Cl. The molecule has 4 rings (SSSR count). The quantitative estimate of drug-likeness (QED) is 0.241. The molecule has 0 unspecified atom stereocenters. The van der Waals surface area contributed by atoms with Gasteiger partial charge in [-0.1, -0.05) is 95.6 Å². The van der Waals surface area contributed by atoms with E-state index < -0.39 is 22.0 Å². The number of nitrogens with one attached hydrogen (secondary N) is 2. The summed E-state index contributed by atoms with van der Waals surface area (Å²) in [6.45, 7) is 0. The second-order valence-corrected chi connectivity index (χ2v) is 11.5. The number of para-hydroxylation sites is 1. The summed E-state index contributed by atoms with van der Waals surface area (Å²) in [5, 5.41) is 3.13. The van der Waals surface area contributed by atoms with E-state index in [4.69, 9.17) is 23.2 Å². The Morgan fingerprint density at radius 2 is 1.47 bits per heavy atom. The van der Waals surface area contributed by atoms with Gasteiger partial charge in [-0.2, -0.15) is 4.72 Å². The molecule has 0 aromatic heterocycles. The molecule has 2 N–H and O–H groups in total. The van der Waals surface area contributed by atoms with Crippen molar-refractivity contribution < 1.29 is 13.2 Å². The van der Waals surface area contributed by atoms with Crippen molar-refractivity contribution in [1.82, 2.24) is 4.72 Å². The number of carbonyl (C=O) groups excluding carboxylic acids is 1. The van der Waals surface area contributed by atoms with Gasteiger partial charge in [0.05, 0.1) is 10.7 Å². The van der Waals surface area contributed by atoms with Crippen LogP contribution in [0.25, 0.3) is 0 Å². The number of amides is 1. The Hall–Kier alpha value is -2.81. The van der Waals surface area contributed by atoms with Gasteiger partial charge in [0.2, 0.25) is 15.9 Å². The third-order valence-electron chi connectivity index (χ3n) is 5.20. The van der Waals surface area contributed by atoms with Crippen LogP contribution in [0, 0.1) is 0 Å². The molecular weight excluding hydrogens is 535 g/mol. The van der Waals surface area contributed by atoms with Crippen molar-refractivity contribution in [2.45, 2.75) is 27.1 Å². The minimum Gasteiger partial charge on any atom is -0.324 e. The van der Waals surface area contributed by atoms with Crippen LogP contribution in [-0.4, -0.2) is 20.4 Å². The molecule has 0 aliphatic heterocycles. The van der Waals surface area contributed by atoms with Crippen LogP contribution in [0.4, 0.5) is 5.69 Å². The first kappa shape index (κ1) is 26.3. The number of sulfonamides is 1. The Morgan fingerprint density at radius 3 is 2.19 bits per heavy atom. The first-order valence-electron chi connectivity index (χ1n) is 11.0. The van der Waals surface area contributed by atoms with Crippen LogP contribution < -0.4 is 10.0 Å². The third-order valence-corrected chi connectivity index (χ3v) is 8.47.